The number of thiophene rings is 1. The van der Waals surface area contributed by atoms with Crippen molar-refractivity contribution in [3.63, 3.8) is 0 Å². The third-order valence-electron chi connectivity index (χ3n) is 3.98. The first-order chi connectivity index (χ1) is 12.0. The molecule has 0 spiro atoms. The van der Waals surface area contributed by atoms with Gasteiger partial charge in [0.2, 0.25) is 0 Å². The number of esters is 2. The summed E-state index contributed by atoms with van der Waals surface area (Å²) in [6, 6.07) is 0. The molecule has 7 nitrogen and oxygen atoms in total. The number of rotatable bonds is 5. The SMILES string of the molecule is CCOC(=O)c1c(NC(=O)COC(C)=O)sc2c1CC(C)(C)NC2(C)C. The van der Waals surface area contributed by atoms with Crippen molar-refractivity contribution in [3.8, 4) is 0 Å². The summed E-state index contributed by atoms with van der Waals surface area (Å²) in [5, 5.41) is 6.70. The fraction of sp³-hybridized carbons (Fsp3) is 0.611. The number of hydrogen-bond donors (Lipinski definition) is 2. The monoisotopic (exact) mass is 382 g/mol. The van der Waals surface area contributed by atoms with E-state index in [1.165, 1.54) is 18.3 Å². The largest absolute Gasteiger partial charge is 0.462 e. The van der Waals surface area contributed by atoms with E-state index in [0.717, 1.165) is 10.4 Å². The second kappa shape index (κ2) is 7.36. The minimum absolute atomic E-state index is 0.210. The average molecular weight is 382 g/mol. The summed E-state index contributed by atoms with van der Waals surface area (Å²) in [6.45, 7) is 11.1. The van der Waals surface area contributed by atoms with Crippen LogP contribution in [0.3, 0.4) is 0 Å². The van der Waals surface area contributed by atoms with Gasteiger partial charge in [-0.2, -0.15) is 0 Å². The van der Waals surface area contributed by atoms with E-state index in [4.69, 9.17) is 9.47 Å². The highest BCUT2D eigenvalue weighted by atomic mass is 32.1. The highest BCUT2D eigenvalue weighted by Gasteiger charge is 2.42. The summed E-state index contributed by atoms with van der Waals surface area (Å²) in [5.41, 5.74) is 0.718. The van der Waals surface area contributed by atoms with Gasteiger partial charge in [0.1, 0.15) is 5.00 Å². The molecule has 8 heteroatoms. The molecule has 144 valence electrons. The molecule has 0 saturated carbocycles. The quantitative estimate of drug-likeness (QED) is 0.760. The van der Waals surface area contributed by atoms with Gasteiger partial charge in [-0.25, -0.2) is 4.79 Å². The van der Waals surface area contributed by atoms with Crippen molar-refractivity contribution in [2.24, 2.45) is 0 Å². The molecular formula is C18H26N2O5S. The Labute approximate surface area is 157 Å². The normalized spacial score (nSPS) is 17.2. The Morgan fingerprint density at radius 2 is 1.85 bits per heavy atom. The Morgan fingerprint density at radius 1 is 1.19 bits per heavy atom. The lowest BCUT2D eigenvalue weighted by Gasteiger charge is -2.42. The van der Waals surface area contributed by atoms with Crippen LogP contribution in [0.25, 0.3) is 0 Å². The van der Waals surface area contributed by atoms with Crippen LogP contribution in [0.2, 0.25) is 0 Å². The van der Waals surface area contributed by atoms with Gasteiger partial charge in [-0.05, 0) is 46.6 Å². The molecule has 1 aliphatic heterocycles. The molecular weight excluding hydrogens is 356 g/mol. The maximum Gasteiger partial charge on any atom is 0.341 e. The Morgan fingerprint density at radius 3 is 2.42 bits per heavy atom. The van der Waals surface area contributed by atoms with E-state index >= 15 is 0 Å². The van der Waals surface area contributed by atoms with Crippen LogP contribution in [0.15, 0.2) is 0 Å². The van der Waals surface area contributed by atoms with Crippen LogP contribution in [-0.2, 0) is 31.0 Å². The van der Waals surface area contributed by atoms with Crippen LogP contribution >= 0.6 is 11.3 Å². The first kappa shape index (κ1) is 20.4. The van der Waals surface area contributed by atoms with Gasteiger partial charge in [0.15, 0.2) is 6.61 Å². The number of hydrogen-bond acceptors (Lipinski definition) is 7. The zero-order valence-electron chi connectivity index (χ0n) is 16.1. The van der Waals surface area contributed by atoms with E-state index < -0.39 is 24.5 Å². The maximum atomic E-state index is 12.6. The zero-order valence-corrected chi connectivity index (χ0v) is 16.9. The van der Waals surface area contributed by atoms with Crippen LogP contribution in [0, 0.1) is 0 Å². The summed E-state index contributed by atoms with van der Waals surface area (Å²) >= 11 is 1.35. The third kappa shape index (κ3) is 4.42. The number of carbonyl (C=O) groups excluding carboxylic acids is 3. The van der Waals surface area contributed by atoms with Crippen LogP contribution in [0.1, 0.15) is 62.3 Å². The van der Waals surface area contributed by atoms with Crippen molar-refractivity contribution in [2.45, 2.75) is 59.0 Å². The minimum atomic E-state index is -0.539. The van der Waals surface area contributed by atoms with E-state index in [1.54, 1.807) is 6.92 Å². The molecule has 1 aromatic heterocycles. The lowest BCUT2D eigenvalue weighted by atomic mass is 9.81. The number of anilines is 1. The molecule has 0 aliphatic carbocycles. The summed E-state index contributed by atoms with van der Waals surface area (Å²) in [6.07, 6.45) is 0.635. The molecule has 1 aromatic rings. The van der Waals surface area contributed by atoms with Crippen LogP contribution < -0.4 is 10.6 Å². The number of nitrogens with one attached hydrogen (secondary N) is 2. The summed E-state index contributed by atoms with van der Waals surface area (Å²) in [5.74, 6) is -1.49. The van der Waals surface area contributed by atoms with Gasteiger partial charge in [0.05, 0.1) is 12.2 Å². The van der Waals surface area contributed by atoms with E-state index in [0.29, 0.717) is 17.0 Å². The summed E-state index contributed by atoms with van der Waals surface area (Å²) < 4.78 is 9.94. The molecule has 1 amide bonds. The minimum Gasteiger partial charge on any atom is -0.462 e. The molecule has 2 N–H and O–H groups in total. The van der Waals surface area contributed by atoms with E-state index in [2.05, 4.69) is 24.5 Å². The zero-order chi connectivity index (χ0) is 19.7. The molecule has 0 aromatic carbocycles. The Bertz CT molecular complexity index is 736. The smallest absolute Gasteiger partial charge is 0.341 e. The molecule has 1 aliphatic rings. The number of ether oxygens (including phenoxy) is 2. The first-order valence-corrected chi connectivity index (χ1v) is 9.34. The van der Waals surface area contributed by atoms with Crippen molar-refractivity contribution in [3.05, 3.63) is 16.0 Å². The molecule has 26 heavy (non-hydrogen) atoms. The number of carbonyl (C=O) groups is 3. The predicted molar refractivity (Wildman–Crippen MR) is 99.5 cm³/mol. The van der Waals surface area contributed by atoms with Gasteiger partial charge in [-0.15, -0.1) is 11.3 Å². The summed E-state index contributed by atoms with van der Waals surface area (Å²) in [4.78, 5) is 36.6. The van der Waals surface area contributed by atoms with Crippen molar-refractivity contribution in [1.29, 1.82) is 0 Å². The molecule has 0 radical (unpaired) electrons. The molecule has 0 fully saturated rings. The summed E-state index contributed by atoms with van der Waals surface area (Å²) in [7, 11) is 0. The lowest BCUT2D eigenvalue weighted by Crippen LogP contribution is -2.55. The third-order valence-corrected chi connectivity index (χ3v) is 5.45. The van der Waals surface area contributed by atoms with Gasteiger partial charge in [-0.1, -0.05) is 0 Å². The van der Waals surface area contributed by atoms with Crippen molar-refractivity contribution >= 4 is 34.2 Å². The topological polar surface area (TPSA) is 93.7 Å². The molecule has 2 heterocycles. The van der Waals surface area contributed by atoms with E-state index in [9.17, 15) is 14.4 Å². The predicted octanol–water partition coefficient (Wildman–Crippen LogP) is 2.59. The standard InChI is InChI=1S/C18H26N2O5S/c1-7-24-16(23)13-11-8-17(3,4)20-18(5,6)14(11)26-15(13)19-12(22)9-25-10(2)21/h20H,7-9H2,1-6H3,(H,19,22). The molecule has 0 atom stereocenters. The highest BCUT2D eigenvalue weighted by molar-refractivity contribution is 7.17. The van der Waals surface area contributed by atoms with Gasteiger partial charge >= 0.3 is 11.9 Å². The number of amides is 1. The van der Waals surface area contributed by atoms with Gasteiger partial charge in [0.25, 0.3) is 5.91 Å². The van der Waals surface area contributed by atoms with Crippen LogP contribution in [0.4, 0.5) is 5.00 Å². The Kier molecular flexibility index (Phi) is 5.77. The van der Waals surface area contributed by atoms with Crippen molar-refractivity contribution in [2.75, 3.05) is 18.5 Å². The van der Waals surface area contributed by atoms with E-state index in [1.807, 2.05) is 13.8 Å². The second-order valence-electron chi connectivity index (χ2n) is 7.47. The molecule has 0 bridgehead atoms. The fourth-order valence-corrected chi connectivity index (χ4v) is 4.65. The second-order valence-corrected chi connectivity index (χ2v) is 8.49. The Balaban J connectivity index is 2.45. The van der Waals surface area contributed by atoms with Crippen molar-refractivity contribution in [1.82, 2.24) is 5.32 Å². The number of fused-ring (bicyclic) bond motifs is 1. The fourth-order valence-electron chi connectivity index (χ4n) is 3.36. The Hall–Kier alpha value is -1.93. The van der Waals surface area contributed by atoms with Crippen molar-refractivity contribution < 1.29 is 23.9 Å². The molecule has 2 rings (SSSR count). The average Bonchev–Trinajstić information content (AvgIpc) is 2.82. The maximum absolute atomic E-state index is 12.6. The lowest BCUT2D eigenvalue weighted by molar-refractivity contribution is -0.144. The molecule has 0 unspecified atom stereocenters. The van der Waals surface area contributed by atoms with Crippen LogP contribution in [0.5, 0.6) is 0 Å². The molecule has 0 saturated heterocycles. The first-order valence-electron chi connectivity index (χ1n) is 8.52. The highest BCUT2D eigenvalue weighted by Crippen LogP contribution is 2.45. The van der Waals surface area contributed by atoms with E-state index in [-0.39, 0.29) is 17.7 Å². The van der Waals surface area contributed by atoms with Gasteiger partial charge < -0.3 is 20.1 Å². The van der Waals surface area contributed by atoms with Gasteiger partial charge in [0, 0.05) is 22.9 Å². The van der Waals surface area contributed by atoms with Crippen LogP contribution in [-0.4, -0.2) is 36.6 Å². The van der Waals surface area contributed by atoms with Gasteiger partial charge in [-0.3, -0.25) is 9.59 Å².